The summed E-state index contributed by atoms with van der Waals surface area (Å²) in [6.07, 6.45) is 0. The van der Waals surface area contributed by atoms with Crippen molar-refractivity contribution in [3.05, 3.63) is 64.4 Å². The molecule has 3 aromatic rings. The van der Waals surface area contributed by atoms with Crippen molar-refractivity contribution >= 4 is 27.3 Å². The largest absolute Gasteiger partial charge is 0.277 e. The van der Waals surface area contributed by atoms with Crippen molar-refractivity contribution in [3.8, 4) is 5.69 Å². The summed E-state index contributed by atoms with van der Waals surface area (Å²) in [5.41, 5.74) is 3.45. The molecular weight excluding hydrogens is 420 g/mol. The van der Waals surface area contributed by atoms with Gasteiger partial charge in [-0.05, 0) is 55.2 Å². The molecule has 0 saturated heterocycles. The van der Waals surface area contributed by atoms with E-state index in [-0.39, 0.29) is 10.3 Å². The Morgan fingerprint density at radius 1 is 1.00 bits per heavy atom. The third kappa shape index (κ3) is 5.21. The second-order valence-corrected chi connectivity index (χ2v) is 9.83. The zero-order chi connectivity index (χ0) is 22.7. The van der Waals surface area contributed by atoms with Gasteiger partial charge in [-0.3, -0.25) is 4.72 Å². The molecule has 0 radical (unpaired) electrons. The quantitative estimate of drug-likeness (QED) is 0.558. The van der Waals surface area contributed by atoms with E-state index in [0.29, 0.717) is 16.4 Å². The molecule has 0 spiro atoms. The van der Waals surface area contributed by atoms with Crippen molar-refractivity contribution in [2.45, 2.75) is 58.8 Å². The Morgan fingerprint density at radius 3 is 2.10 bits per heavy atom. The second-order valence-electron chi connectivity index (χ2n) is 7.71. The molecule has 0 fully saturated rings. The van der Waals surface area contributed by atoms with Crippen LogP contribution in [0.2, 0.25) is 5.02 Å². The molecule has 0 bridgehead atoms. The molecule has 0 aliphatic carbocycles. The van der Waals surface area contributed by atoms with Crippen molar-refractivity contribution in [2.24, 2.45) is 0 Å². The average Bonchev–Trinajstić information content (AvgIpc) is 3.03. The number of sulfonamides is 1. The number of aryl methyl sites for hydroxylation is 1. The number of hydrogen-bond donors (Lipinski definition) is 1. The van der Waals surface area contributed by atoms with Crippen LogP contribution in [0.25, 0.3) is 5.69 Å². The molecule has 3 rings (SSSR count). The smallest absolute Gasteiger partial charge is 0.261 e. The number of halogens is 1. The molecular formula is C22H29ClN4O2S. The van der Waals surface area contributed by atoms with Gasteiger partial charge in [-0.1, -0.05) is 63.6 Å². The minimum absolute atomic E-state index is 0.0540. The summed E-state index contributed by atoms with van der Waals surface area (Å²) < 4.78 is 30.1. The van der Waals surface area contributed by atoms with Gasteiger partial charge in [-0.25, -0.2) is 13.1 Å². The van der Waals surface area contributed by atoms with E-state index in [1.54, 1.807) is 35.0 Å². The van der Waals surface area contributed by atoms with Gasteiger partial charge < -0.3 is 0 Å². The number of hydrogen-bond acceptors (Lipinski definition) is 4. The summed E-state index contributed by atoms with van der Waals surface area (Å²) in [5.74, 6) is 0. The summed E-state index contributed by atoms with van der Waals surface area (Å²) in [6, 6.07) is 11.8. The van der Waals surface area contributed by atoms with Gasteiger partial charge >= 0.3 is 0 Å². The molecule has 1 N–H and O–H groups in total. The zero-order valence-electron chi connectivity index (χ0n) is 18.5. The first-order valence-corrected chi connectivity index (χ1v) is 11.7. The summed E-state index contributed by atoms with van der Waals surface area (Å²) >= 11 is 6.14. The lowest BCUT2D eigenvalue weighted by Gasteiger charge is -2.19. The highest BCUT2D eigenvalue weighted by Gasteiger charge is 2.20. The Kier molecular flexibility index (Phi) is 7.31. The summed E-state index contributed by atoms with van der Waals surface area (Å²) in [4.78, 5) is 0.188. The van der Waals surface area contributed by atoms with Gasteiger partial charge in [0, 0.05) is 5.02 Å². The molecule has 162 valence electrons. The highest BCUT2D eigenvalue weighted by Crippen LogP contribution is 2.29. The topological polar surface area (TPSA) is 76.9 Å². The fourth-order valence-electron chi connectivity index (χ4n) is 2.74. The molecule has 0 aliphatic rings. The van der Waals surface area contributed by atoms with Crippen LogP contribution in [0, 0.1) is 13.8 Å². The van der Waals surface area contributed by atoms with E-state index >= 15 is 0 Å². The highest BCUT2D eigenvalue weighted by atomic mass is 35.5. The van der Waals surface area contributed by atoms with Crippen molar-refractivity contribution in [1.29, 1.82) is 0 Å². The Hall–Kier alpha value is -2.38. The lowest BCUT2D eigenvalue weighted by Crippen LogP contribution is -2.16. The predicted octanol–water partition coefficient (Wildman–Crippen LogP) is 5.66. The van der Waals surface area contributed by atoms with E-state index in [1.807, 2.05) is 39.8 Å². The minimum atomic E-state index is -3.78. The van der Waals surface area contributed by atoms with Crippen LogP contribution in [0.15, 0.2) is 47.4 Å². The first-order chi connectivity index (χ1) is 14.0. The molecule has 2 aromatic carbocycles. The van der Waals surface area contributed by atoms with E-state index in [1.165, 1.54) is 0 Å². The van der Waals surface area contributed by atoms with Crippen LogP contribution in [0.1, 0.15) is 51.6 Å². The molecule has 8 heteroatoms. The summed E-state index contributed by atoms with van der Waals surface area (Å²) in [5, 5.41) is 8.62. The monoisotopic (exact) mass is 448 g/mol. The molecule has 0 atom stereocenters. The van der Waals surface area contributed by atoms with Crippen LogP contribution >= 0.6 is 11.6 Å². The van der Waals surface area contributed by atoms with Crippen LogP contribution in [-0.2, 0) is 15.4 Å². The maximum absolute atomic E-state index is 12.9. The predicted molar refractivity (Wildman–Crippen MR) is 123 cm³/mol. The Morgan fingerprint density at radius 2 is 1.60 bits per heavy atom. The third-order valence-corrected chi connectivity index (χ3v) is 6.20. The van der Waals surface area contributed by atoms with E-state index in [2.05, 4.69) is 35.8 Å². The van der Waals surface area contributed by atoms with Crippen molar-refractivity contribution in [3.63, 3.8) is 0 Å². The minimum Gasteiger partial charge on any atom is -0.277 e. The molecule has 1 heterocycles. The summed E-state index contributed by atoms with van der Waals surface area (Å²) in [6.45, 7) is 13.9. The average molecular weight is 449 g/mol. The molecule has 0 aliphatic heterocycles. The van der Waals surface area contributed by atoms with Crippen molar-refractivity contribution in [1.82, 2.24) is 15.0 Å². The van der Waals surface area contributed by atoms with Gasteiger partial charge in [0.05, 0.1) is 27.7 Å². The molecule has 0 amide bonds. The SMILES string of the molecule is CC.Cc1nnn(-c2cc(Cl)ccc2NS(=O)(=O)c2ccc(C(C)(C)C)cc2)c1C. The summed E-state index contributed by atoms with van der Waals surface area (Å²) in [7, 11) is -3.78. The maximum Gasteiger partial charge on any atom is 0.261 e. The van der Waals surface area contributed by atoms with Gasteiger partial charge in [0.2, 0.25) is 0 Å². The lowest BCUT2D eigenvalue weighted by molar-refractivity contribution is 0.587. The van der Waals surface area contributed by atoms with Crippen molar-refractivity contribution < 1.29 is 8.42 Å². The molecule has 0 unspecified atom stereocenters. The fraction of sp³-hybridized carbons (Fsp3) is 0.364. The highest BCUT2D eigenvalue weighted by molar-refractivity contribution is 7.92. The van der Waals surface area contributed by atoms with E-state index in [9.17, 15) is 8.42 Å². The Labute approximate surface area is 184 Å². The maximum atomic E-state index is 12.9. The number of nitrogens with zero attached hydrogens (tertiary/aromatic N) is 3. The number of benzene rings is 2. The Balaban J connectivity index is 0.00000155. The van der Waals surface area contributed by atoms with Crippen molar-refractivity contribution in [2.75, 3.05) is 4.72 Å². The van der Waals surface area contributed by atoms with E-state index in [0.717, 1.165) is 17.0 Å². The standard InChI is InChI=1S/C20H23ClN4O2S.C2H6/c1-13-14(2)25(24-22-13)19-12-16(21)8-11-18(19)23-28(26,27)17-9-6-15(7-10-17)20(3,4)5;1-2/h6-12,23H,1-5H3;1-2H3. The normalized spacial score (nSPS) is 11.6. The van der Waals surface area contributed by atoms with Crippen LogP contribution in [0.3, 0.4) is 0 Å². The van der Waals surface area contributed by atoms with Gasteiger partial charge in [0.1, 0.15) is 0 Å². The number of rotatable bonds is 4. The lowest BCUT2D eigenvalue weighted by atomic mass is 9.87. The van der Waals surface area contributed by atoms with Crippen LogP contribution in [0.4, 0.5) is 5.69 Å². The second kappa shape index (κ2) is 9.18. The molecule has 1 aromatic heterocycles. The first-order valence-electron chi connectivity index (χ1n) is 9.81. The number of aromatic nitrogens is 3. The Bertz CT molecular complexity index is 1120. The fourth-order valence-corrected chi connectivity index (χ4v) is 3.98. The van der Waals surface area contributed by atoms with Crippen LogP contribution < -0.4 is 4.72 Å². The van der Waals surface area contributed by atoms with Gasteiger partial charge in [-0.2, -0.15) is 0 Å². The first kappa shape index (κ1) is 23.9. The van der Waals surface area contributed by atoms with Crippen LogP contribution in [0.5, 0.6) is 0 Å². The van der Waals surface area contributed by atoms with E-state index < -0.39 is 10.0 Å². The molecule has 30 heavy (non-hydrogen) atoms. The number of anilines is 1. The van der Waals surface area contributed by atoms with Gasteiger partial charge in [0.15, 0.2) is 0 Å². The van der Waals surface area contributed by atoms with Crippen LogP contribution in [-0.4, -0.2) is 23.4 Å². The van der Waals surface area contributed by atoms with Gasteiger partial charge in [0.25, 0.3) is 10.0 Å². The van der Waals surface area contributed by atoms with E-state index in [4.69, 9.17) is 11.6 Å². The third-order valence-electron chi connectivity index (χ3n) is 4.59. The molecule has 0 saturated carbocycles. The molecule has 6 nitrogen and oxygen atoms in total. The number of nitrogens with one attached hydrogen (secondary N) is 1. The zero-order valence-corrected chi connectivity index (χ0v) is 20.1. The van der Waals surface area contributed by atoms with Gasteiger partial charge in [-0.15, -0.1) is 5.10 Å².